The van der Waals surface area contributed by atoms with E-state index in [9.17, 15) is 9.59 Å². The number of benzene rings is 2. The summed E-state index contributed by atoms with van der Waals surface area (Å²) in [6, 6.07) is 17.8. The van der Waals surface area contributed by atoms with Crippen LogP contribution < -0.4 is 5.32 Å². The Balaban J connectivity index is 1.53. The molecule has 2 amide bonds. The molecule has 7 heteroatoms. The molecule has 0 radical (unpaired) electrons. The van der Waals surface area contributed by atoms with E-state index in [0.29, 0.717) is 13.0 Å². The fourth-order valence-electron chi connectivity index (χ4n) is 5.11. The van der Waals surface area contributed by atoms with Gasteiger partial charge in [-0.1, -0.05) is 72.6 Å². The molecule has 1 aromatic heterocycles. The molecule has 2 heterocycles. The predicted octanol–water partition coefficient (Wildman–Crippen LogP) is 4.77. The summed E-state index contributed by atoms with van der Waals surface area (Å²) >= 11 is 1.48. The molecule has 2 aliphatic rings. The van der Waals surface area contributed by atoms with Crippen molar-refractivity contribution < 1.29 is 9.59 Å². The van der Waals surface area contributed by atoms with Crippen molar-refractivity contribution in [3.05, 3.63) is 77.0 Å². The maximum Gasteiger partial charge on any atom is 0.247 e. The molecule has 1 aliphatic heterocycles. The summed E-state index contributed by atoms with van der Waals surface area (Å²) in [5.41, 5.74) is 4.94. The van der Waals surface area contributed by atoms with Gasteiger partial charge in [0.25, 0.3) is 0 Å². The molecule has 0 unspecified atom stereocenters. The molecular weight excluding hydrogens is 456 g/mol. The predicted molar refractivity (Wildman–Crippen MR) is 139 cm³/mol. The van der Waals surface area contributed by atoms with Gasteiger partial charge in [0.1, 0.15) is 11.1 Å². The third-order valence-corrected chi connectivity index (χ3v) is 8.07. The summed E-state index contributed by atoms with van der Waals surface area (Å²) in [4.78, 5) is 29.1. The normalized spacial score (nSPS) is 18.4. The number of fused-ring (bicyclic) bond motifs is 1. The van der Waals surface area contributed by atoms with E-state index in [4.69, 9.17) is 5.10 Å². The zero-order chi connectivity index (χ0) is 24.4. The van der Waals surface area contributed by atoms with Gasteiger partial charge in [-0.2, -0.15) is 5.10 Å². The summed E-state index contributed by atoms with van der Waals surface area (Å²) in [6.07, 6.45) is 4.97. The summed E-state index contributed by atoms with van der Waals surface area (Å²) in [5.74, 6) is 0.184. The maximum absolute atomic E-state index is 13.8. The Morgan fingerprint density at radius 3 is 2.49 bits per heavy atom. The van der Waals surface area contributed by atoms with Crippen LogP contribution in [0.4, 0.5) is 0 Å². The Kier molecular flexibility index (Phi) is 6.95. The largest absolute Gasteiger partial charge is 0.351 e. The van der Waals surface area contributed by atoms with Crippen molar-refractivity contribution >= 4 is 23.6 Å². The van der Waals surface area contributed by atoms with Gasteiger partial charge in [-0.05, 0) is 50.8 Å². The van der Waals surface area contributed by atoms with Gasteiger partial charge in [-0.15, -0.1) is 0 Å². The van der Waals surface area contributed by atoms with Crippen LogP contribution >= 0.6 is 11.8 Å². The van der Waals surface area contributed by atoms with Crippen LogP contribution in [0.5, 0.6) is 0 Å². The van der Waals surface area contributed by atoms with Gasteiger partial charge < -0.3 is 10.2 Å². The number of carbonyl (C=O) groups is 2. The van der Waals surface area contributed by atoms with Crippen molar-refractivity contribution in [1.29, 1.82) is 0 Å². The Morgan fingerprint density at radius 1 is 1.06 bits per heavy atom. The van der Waals surface area contributed by atoms with Crippen LogP contribution in [0.3, 0.4) is 0 Å². The molecule has 182 valence electrons. The van der Waals surface area contributed by atoms with E-state index in [1.807, 2.05) is 41.9 Å². The highest BCUT2D eigenvalue weighted by molar-refractivity contribution is 8.00. The first-order chi connectivity index (χ1) is 17.0. The minimum Gasteiger partial charge on any atom is -0.351 e. The van der Waals surface area contributed by atoms with E-state index in [-0.39, 0.29) is 23.6 Å². The molecule has 0 spiro atoms. The molecule has 2 aromatic carbocycles. The topological polar surface area (TPSA) is 67.2 Å². The number of carbonyl (C=O) groups excluding carboxylic acids is 2. The van der Waals surface area contributed by atoms with E-state index >= 15 is 0 Å². The van der Waals surface area contributed by atoms with Gasteiger partial charge in [-0.25, -0.2) is 4.68 Å². The molecule has 1 saturated carbocycles. The molecule has 3 aromatic rings. The Hall–Kier alpha value is -3.06. The zero-order valence-corrected chi connectivity index (χ0v) is 21.2. The lowest BCUT2D eigenvalue weighted by Gasteiger charge is -2.30. The van der Waals surface area contributed by atoms with Crippen LogP contribution in [0.1, 0.15) is 54.1 Å². The average molecular weight is 489 g/mol. The molecule has 6 nitrogen and oxygen atoms in total. The molecule has 0 bridgehead atoms. The lowest BCUT2D eigenvalue weighted by Crippen LogP contribution is -2.47. The van der Waals surface area contributed by atoms with Crippen molar-refractivity contribution in [2.45, 2.75) is 63.1 Å². The van der Waals surface area contributed by atoms with Crippen LogP contribution in [0, 0.1) is 13.8 Å². The standard InChI is InChI=1S/C28H32N4O2S/c1-19-12-14-21(15-13-19)16-17-31-24(33)18-35-28-25(26(31)27(34)29-22-8-6-7-9-22)20(2)30-32(28)23-10-4-3-5-11-23/h3-5,10-15,22,26H,6-9,16-18H2,1-2H3,(H,29,34)/t26-/m0/s1. The molecule has 5 rings (SSSR count). The zero-order valence-electron chi connectivity index (χ0n) is 20.4. The number of para-hydroxylation sites is 1. The van der Waals surface area contributed by atoms with E-state index in [1.54, 1.807) is 4.90 Å². The highest BCUT2D eigenvalue weighted by Gasteiger charge is 2.40. The van der Waals surface area contributed by atoms with E-state index in [2.05, 4.69) is 36.5 Å². The third kappa shape index (κ3) is 5.01. The second kappa shape index (κ2) is 10.3. The van der Waals surface area contributed by atoms with Gasteiger partial charge in [-0.3, -0.25) is 9.59 Å². The lowest BCUT2D eigenvalue weighted by atomic mass is 10.0. The average Bonchev–Trinajstić information content (AvgIpc) is 3.45. The fraction of sp³-hybridized carbons (Fsp3) is 0.393. The quantitative estimate of drug-likeness (QED) is 0.543. The number of nitrogens with zero attached hydrogens (tertiary/aromatic N) is 3. The molecule has 35 heavy (non-hydrogen) atoms. The Bertz CT molecular complexity index is 1200. The van der Waals surface area contributed by atoms with E-state index in [1.165, 1.54) is 17.3 Å². The van der Waals surface area contributed by atoms with Gasteiger partial charge in [0.15, 0.2) is 0 Å². The molecule has 1 aliphatic carbocycles. The number of nitrogens with one attached hydrogen (secondary N) is 1. The lowest BCUT2D eigenvalue weighted by molar-refractivity contribution is -0.139. The summed E-state index contributed by atoms with van der Waals surface area (Å²) in [7, 11) is 0. The van der Waals surface area contributed by atoms with Gasteiger partial charge in [0.2, 0.25) is 11.8 Å². The molecule has 1 fully saturated rings. The van der Waals surface area contributed by atoms with E-state index < -0.39 is 6.04 Å². The SMILES string of the molecule is Cc1ccc(CCN2C(=O)CSc3c(c(C)nn3-c3ccccc3)[C@H]2C(=O)NC2CCCC2)cc1. The van der Waals surface area contributed by atoms with Gasteiger partial charge in [0, 0.05) is 18.2 Å². The highest BCUT2D eigenvalue weighted by atomic mass is 32.2. The maximum atomic E-state index is 13.8. The first kappa shape index (κ1) is 23.7. The second-order valence-corrected chi connectivity index (χ2v) is 10.5. The molecular formula is C28H32N4O2S. The molecule has 1 atom stereocenters. The van der Waals surface area contributed by atoms with Crippen molar-refractivity contribution in [3.63, 3.8) is 0 Å². The Labute approximate surface area is 211 Å². The first-order valence-corrected chi connectivity index (χ1v) is 13.4. The van der Waals surface area contributed by atoms with Crippen LogP contribution in [-0.2, 0) is 16.0 Å². The minimum absolute atomic E-state index is 0.0103. The first-order valence-electron chi connectivity index (χ1n) is 12.4. The third-order valence-electron chi connectivity index (χ3n) is 7.01. The highest BCUT2D eigenvalue weighted by Crippen LogP contribution is 2.39. The van der Waals surface area contributed by atoms with Crippen molar-refractivity contribution in [3.8, 4) is 5.69 Å². The number of hydrogen-bond donors (Lipinski definition) is 1. The summed E-state index contributed by atoms with van der Waals surface area (Å²) in [6.45, 7) is 4.50. The summed E-state index contributed by atoms with van der Waals surface area (Å²) in [5, 5.41) is 8.99. The van der Waals surface area contributed by atoms with Gasteiger partial charge >= 0.3 is 0 Å². The molecule has 0 saturated heterocycles. The van der Waals surface area contributed by atoms with Crippen LogP contribution in [-0.4, -0.2) is 44.8 Å². The number of aromatic nitrogens is 2. The number of rotatable bonds is 6. The summed E-state index contributed by atoms with van der Waals surface area (Å²) < 4.78 is 1.89. The Morgan fingerprint density at radius 2 is 1.77 bits per heavy atom. The van der Waals surface area contributed by atoms with Crippen LogP contribution in [0.2, 0.25) is 0 Å². The number of hydrogen-bond acceptors (Lipinski definition) is 4. The number of amides is 2. The minimum atomic E-state index is -0.684. The number of aryl methyl sites for hydroxylation is 2. The number of thioether (sulfide) groups is 1. The smallest absolute Gasteiger partial charge is 0.247 e. The van der Waals surface area contributed by atoms with Crippen LogP contribution in [0.25, 0.3) is 5.69 Å². The van der Waals surface area contributed by atoms with Crippen molar-refractivity contribution in [1.82, 2.24) is 20.0 Å². The van der Waals surface area contributed by atoms with Crippen molar-refractivity contribution in [2.24, 2.45) is 0 Å². The van der Waals surface area contributed by atoms with Crippen molar-refractivity contribution in [2.75, 3.05) is 12.3 Å². The second-order valence-electron chi connectivity index (χ2n) is 9.56. The molecule has 1 N–H and O–H groups in total. The van der Waals surface area contributed by atoms with Crippen LogP contribution in [0.15, 0.2) is 59.6 Å². The van der Waals surface area contributed by atoms with Gasteiger partial charge in [0.05, 0.1) is 17.1 Å². The van der Waals surface area contributed by atoms with E-state index in [0.717, 1.165) is 53.2 Å². The fourth-order valence-corrected chi connectivity index (χ4v) is 6.22. The monoisotopic (exact) mass is 488 g/mol.